The minimum absolute atomic E-state index is 0.0313. The summed E-state index contributed by atoms with van der Waals surface area (Å²) in [4.78, 5) is 29.1. The van der Waals surface area contributed by atoms with Crippen molar-refractivity contribution in [1.82, 2.24) is 14.5 Å². The Morgan fingerprint density at radius 2 is 1.59 bits per heavy atom. The Kier molecular flexibility index (Phi) is 11.7. The number of amides is 2. The Balaban J connectivity index is 2.08. The first-order valence-corrected chi connectivity index (χ1v) is 15.1. The van der Waals surface area contributed by atoms with E-state index in [0.29, 0.717) is 17.1 Å². The van der Waals surface area contributed by atoms with Gasteiger partial charge in [-0.25, -0.2) is 8.70 Å². The second kappa shape index (κ2) is 15.0. The van der Waals surface area contributed by atoms with Crippen LogP contribution in [0.1, 0.15) is 30.9 Å². The van der Waals surface area contributed by atoms with Crippen LogP contribution < -0.4 is 9.62 Å². The van der Waals surface area contributed by atoms with Gasteiger partial charge in [-0.1, -0.05) is 73.5 Å². The maximum atomic E-state index is 14.1. The van der Waals surface area contributed by atoms with Crippen LogP contribution in [0.5, 0.6) is 0 Å². The molecule has 0 aliphatic heterocycles. The number of nitrogens with one attached hydrogen (secondary N) is 1. The number of carbonyl (C=O) groups excluding carboxylic acids is 2. The molecule has 0 spiro atoms. The minimum Gasteiger partial charge on any atom is -0.354 e. The molecule has 3 aromatic rings. The zero-order valence-corrected chi connectivity index (χ0v) is 25.0. The highest BCUT2D eigenvalue weighted by molar-refractivity contribution is 7.90. The highest BCUT2D eigenvalue weighted by Gasteiger charge is 2.34. The molecule has 3 rings (SSSR count). The summed E-state index contributed by atoms with van der Waals surface area (Å²) in [6, 6.07) is 20.1. The lowest BCUT2D eigenvalue weighted by molar-refractivity contribution is -0.140. The lowest BCUT2D eigenvalue weighted by Gasteiger charge is -2.34. The minimum atomic E-state index is -4.17. The van der Waals surface area contributed by atoms with E-state index in [1.165, 1.54) is 31.1 Å². The molecule has 3 aromatic carbocycles. The van der Waals surface area contributed by atoms with Gasteiger partial charge in [0, 0.05) is 38.6 Å². The summed E-state index contributed by atoms with van der Waals surface area (Å²) in [5.41, 5.74) is 1.54. The fourth-order valence-electron chi connectivity index (χ4n) is 4.19. The van der Waals surface area contributed by atoms with E-state index in [2.05, 4.69) is 5.32 Å². The molecule has 8 nitrogen and oxygen atoms in total. The van der Waals surface area contributed by atoms with E-state index in [1.807, 2.05) is 37.3 Å². The highest BCUT2D eigenvalue weighted by Crippen LogP contribution is 2.24. The number of rotatable bonds is 14. The number of benzene rings is 3. The molecule has 0 aromatic heterocycles. The molecule has 0 heterocycles. The average molecular weight is 603 g/mol. The molecule has 2 amide bonds. The van der Waals surface area contributed by atoms with Crippen LogP contribution in [0.4, 0.5) is 10.1 Å². The van der Waals surface area contributed by atoms with Crippen molar-refractivity contribution in [3.8, 4) is 0 Å². The number of anilines is 1. The molecule has 0 fully saturated rings. The molecular formula is C30H36ClFN4O4S. The van der Waals surface area contributed by atoms with Crippen molar-refractivity contribution in [3.05, 3.63) is 101 Å². The van der Waals surface area contributed by atoms with Gasteiger partial charge in [0.05, 0.1) is 5.69 Å². The Hall–Kier alpha value is -3.47. The van der Waals surface area contributed by atoms with Crippen LogP contribution in [0.25, 0.3) is 0 Å². The summed E-state index contributed by atoms with van der Waals surface area (Å²) in [5.74, 6) is -1.52. The molecular weight excluding hydrogens is 567 g/mol. The second-order valence-corrected chi connectivity index (χ2v) is 12.2. The molecule has 0 aliphatic rings. The highest BCUT2D eigenvalue weighted by atomic mass is 35.5. The quantitative estimate of drug-likeness (QED) is 0.272. The average Bonchev–Trinajstić information content (AvgIpc) is 2.95. The van der Waals surface area contributed by atoms with Crippen LogP contribution >= 0.6 is 11.6 Å². The molecule has 1 N–H and O–H groups in total. The van der Waals surface area contributed by atoms with Crippen LogP contribution in [-0.4, -0.2) is 62.7 Å². The van der Waals surface area contributed by atoms with Gasteiger partial charge in [-0.2, -0.15) is 12.7 Å². The maximum absolute atomic E-state index is 14.1. The Labute approximate surface area is 246 Å². The van der Waals surface area contributed by atoms with E-state index in [-0.39, 0.29) is 24.6 Å². The molecule has 0 aliphatic carbocycles. The summed E-state index contributed by atoms with van der Waals surface area (Å²) >= 11 is 6.46. The van der Waals surface area contributed by atoms with Gasteiger partial charge in [-0.05, 0) is 47.9 Å². The lowest BCUT2D eigenvalue weighted by atomic mass is 10.0. The van der Waals surface area contributed by atoms with Crippen molar-refractivity contribution in [2.45, 2.75) is 38.8 Å². The fraction of sp³-hybridized carbons (Fsp3) is 0.333. The van der Waals surface area contributed by atoms with E-state index in [9.17, 15) is 22.4 Å². The van der Waals surface area contributed by atoms with Crippen LogP contribution in [0.2, 0.25) is 5.02 Å². The van der Waals surface area contributed by atoms with Crippen molar-refractivity contribution in [1.29, 1.82) is 0 Å². The third-order valence-electron chi connectivity index (χ3n) is 6.53. The number of carbonyl (C=O) groups is 2. The van der Waals surface area contributed by atoms with E-state index >= 15 is 0 Å². The lowest BCUT2D eigenvalue weighted by Crippen LogP contribution is -2.54. The van der Waals surface area contributed by atoms with Crippen LogP contribution in [0, 0.1) is 5.82 Å². The smallest absolute Gasteiger partial charge is 0.304 e. The molecule has 0 unspecified atom stereocenters. The first-order chi connectivity index (χ1) is 19.5. The molecule has 220 valence electrons. The third kappa shape index (κ3) is 8.76. The van der Waals surface area contributed by atoms with Gasteiger partial charge in [0.1, 0.15) is 18.4 Å². The molecule has 41 heavy (non-hydrogen) atoms. The van der Waals surface area contributed by atoms with Crippen molar-refractivity contribution in [2.75, 3.05) is 31.5 Å². The number of nitrogens with zero attached hydrogens (tertiary/aromatic N) is 3. The topological polar surface area (TPSA) is 90.0 Å². The van der Waals surface area contributed by atoms with Gasteiger partial charge >= 0.3 is 10.2 Å². The normalized spacial score (nSPS) is 12.1. The number of hydrogen-bond donors (Lipinski definition) is 1. The molecule has 0 radical (unpaired) electrons. The van der Waals surface area contributed by atoms with Crippen molar-refractivity contribution < 1.29 is 22.4 Å². The number of unbranched alkanes of at least 4 members (excludes halogenated alkanes) is 1. The zero-order valence-electron chi connectivity index (χ0n) is 23.5. The van der Waals surface area contributed by atoms with Crippen molar-refractivity contribution in [2.24, 2.45) is 0 Å². The summed E-state index contributed by atoms with van der Waals surface area (Å²) in [7, 11) is -1.48. The zero-order chi connectivity index (χ0) is 30.0. The van der Waals surface area contributed by atoms with Crippen LogP contribution in [-0.2, 0) is 32.8 Å². The predicted octanol–water partition coefficient (Wildman–Crippen LogP) is 4.65. The van der Waals surface area contributed by atoms with Gasteiger partial charge in [-0.15, -0.1) is 0 Å². The van der Waals surface area contributed by atoms with Gasteiger partial charge in [-0.3, -0.25) is 9.59 Å². The largest absolute Gasteiger partial charge is 0.354 e. The number of halogens is 2. The Bertz CT molecular complexity index is 1410. The first kappa shape index (κ1) is 32.0. The van der Waals surface area contributed by atoms with E-state index < -0.39 is 34.5 Å². The van der Waals surface area contributed by atoms with Gasteiger partial charge in [0.15, 0.2) is 0 Å². The number of hydrogen-bond acceptors (Lipinski definition) is 4. The van der Waals surface area contributed by atoms with Crippen molar-refractivity contribution in [3.63, 3.8) is 0 Å². The fourth-order valence-corrected chi connectivity index (χ4v) is 5.45. The third-order valence-corrected chi connectivity index (χ3v) is 8.72. The van der Waals surface area contributed by atoms with Gasteiger partial charge in [0.25, 0.3) is 0 Å². The molecule has 1 atom stereocenters. The maximum Gasteiger partial charge on any atom is 0.304 e. The summed E-state index contributed by atoms with van der Waals surface area (Å²) in [5, 5.41) is 3.34. The molecule has 0 saturated heterocycles. The van der Waals surface area contributed by atoms with Crippen LogP contribution in [0.3, 0.4) is 0 Å². The summed E-state index contributed by atoms with van der Waals surface area (Å²) < 4.78 is 42.3. The summed E-state index contributed by atoms with van der Waals surface area (Å²) in [6.07, 6.45) is 1.84. The van der Waals surface area contributed by atoms with E-state index in [1.54, 1.807) is 24.3 Å². The second-order valence-electron chi connectivity index (χ2n) is 9.74. The molecule has 0 bridgehead atoms. The van der Waals surface area contributed by atoms with Crippen molar-refractivity contribution >= 4 is 39.3 Å². The van der Waals surface area contributed by atoms with Crippen LogP contribution in [0.15, 0.2) is 78.9 Å². The standard InChI is InChI=1S/C30H36ClFN4O4S/c1-4-5-19-33-30(38)28(20-23-11-7-6-8-12-23)35(21-24-13-9-10-14-27(24)31)29(37)22-36(41(39,40)34(2)3)26-17-15-25(32)16-18-26/h6-18,28H,4-5,19-22H2,1-3H3,(H,33,38)/t28-/m0/s1. The van der Waals surface area contributed by atoms with Gasteiger partial charge < -0.3 is 10.2 Å². The van der Waals surface area contributed by atoms with E-state index in [4.69, 9.17) is 11.6 Å². The predicted molar refractivity (Wildman–Crippen MR) is 160 cm³/mol. The Morgan fingerprint density at radius 1 is 0.951 bits per heavy atom. The van der Waals surface area contributed by atoms with Gasteiger partial charge in [0.2, 0.25) is 11.8 Å². The first-order valence-electron chi connectivity index (χ1n) is 13.3. The monoisotopic (exact) mass is 602 g/mol. The summed E-state index contributed by atoms with van der Waals surface area (Å²) in [6.45, 7) is 1.79. The molecule has 0 saturated carbocycles. The Morgan fingerprint density at radius 3 is 2.20 bits per heavy atom. The van der Waals surface area contributed by atoms with E-state index in [0.717, 1.165) is 39.1 Å². The SMILES string of the molecule is CCCCNC(=O)[C@H](Cc1ccccc1)N(Cc1ccccc1Cl)C(=O)CN(c1ccc(F)cc1)S(=O)(=O)N(C)C. The molecule has 11 heteroatoms.